The van der Waals surface area contributed by atoms with Gasteiger partial charge in [-0.1, -0.05) is 42.0 Å². The number of aliphatic hydroxyl groups excluding tert-OH is 1. The zero-order valence-electron chi connectivity index (χ0n) is 16.6. The van der Waals surface area contributed by atoms with Gasteiger partial charge in [-0.05, 0) is 61.1 Å². The number of rotatable bonds is 8. The Kier molecular flexibility index (Phi) is 7.38. The molecule has 0 aliphatic carbocycles. The highest BCUT2D eigenvalue weighted by atomic mass is 32.1. The van der Waals surface area contributed by atoms with Crippen LogP contribution in [0.25, 0.3) is 10.9 Å². The summed E-state index contributed by atoms with van der Waals surface area (Å²) in [7, 11) is 0. The first kappa shape index (κ1) is 21.0. The maximum Gasteiger partial charge on any atom is 0.253 e. The molecule has 3 aromatic rings. The molecule has 0 atom stereocenters. The Morgan fingerprint density at radius 3 is 2.72 bits per heavy atom. The number of pyridine rings is 1. The van der Waals surface area contributed by atoms with Gasteiger partial charge in [0, 0.05) is 30.8 Å². The number of aryl methyl sites for hydroxylation is 1. The van der Waals surface area contributed by atoms with Crippen molar-refractivity contribution in [3.63, 3.8) is 0 Å². The summed E-state index contributed by atoms with van der Waals surface area (Å²) >= 11 is 5.58. The highest BCUT2D eigenvalue weighted by Crippen LogP contribution is 2.14. The van der Waals surface area contributed by atoms with Crippen molar-refractivity contribution < 1.29 is 5.11 Å². The summed E-state index contributed by atoms with van der Waals surface area (Å²) in [6, 6.07) is 18.1. The van der Waals surface area contributed by atoms with E-state index in [-0.39, 0.29) is 12.2 Å². The van der Waals surface area contributed by atoms with Crippen molar-refractivity contribution in [2.75, 3.05) is 19.7 Å². The van der Waals surface area contributed by atoms with Gasteiger partial charge in [0.1, 0.15) is 0 Å². The molecule has 0 saturated carbocycles. The van der Waals surface area contributed by atoms with Crippen molar-refractivity contribution in [3.8, 4) is 0 Å². The van der Waals surface area contributed by atoms with Gasteiger partial charge < -0.3 is 20.3 Å². The fourth-order valence-electron chi connectivity index (χ4n) is 3.28. The Balaban J connectivity index is 1.71. The monoisotopic (exact) mass is 409 g/mol. The minimum Gasteiger partial charge on any atom is -0.396 e. The van der Waals surface area contributed by atoms with Gasteiger partial charge in [-0.3, -0.25) is 4.79 Å². The van der Waals surface area contributed by atoms with E-state index >= 15 is 0 Å². The summed E-state index contributed by atoms with van der Waals surface area (Å²) in [5, 5.41) is 14.1. The number of aromatic amines is 1. The van der Waals surface area contributed by atoms with Crippen LogP contribution in [0, 0.1) is 6.92 Å². The summed E-state index contributed by atoms with van der Waals surface area (Å²) in [4.78, 5) is 17.5. The Bertz CT molecular complexity index is 1020. The molecule has 0 radical (unpaired) electrons. The molecule has 5 nitrogen and oxygen atoms in total. The van der Waals surface area contributed by atoms with Crippen LogP contribution in [0.15, 0.2) is 59.4 Å². The molecule has 2 aromatic carbocycles. The number of aliphatic hydroxyl groups is 1. The van der Waals surface area contributed by atoms with E-state index in [1.807, 2.05) is 48.2 Å². The molecule has 6 heteroatoms. The van der Waals surface area contributed by atoms with Crippen LogP contribution in [-0.2, 0) is 13.0 Å². The number of nitrogens with one attached hydrogen (secondary N) is 2. The van der Waals surface area contributed by atoms with Crippen LogP contribution >= 0.6 is 12.2 Å². The quantitative estimate of drug-likeness (QED) is 0.499. The summed E-state index contributed by atoms with van der Waals surface area (Å²) < 4.78 is 0. The second-order valence-electron chi connectivity index (χ2n) is 7.18. The lowest BCUT2D eigenvalue weighted by molar-refractivity contribution is 0.264. The van der Waals surface area contributed by atoms with Crippen LogP contribution in [0.3, 0.4) is 0 Å². The van der Waals surface area contributed by atoms with Crippen molar-refractivity contribution >= 4 is 28.2 Å². The maximum atomic E-state index is 12.6. The van der Waals surface area contributed by atoms with Crippen LogP contribution in [0.4, 0.5) is 0 Å². The minimum absolute atomic E-state index is 0.0798. The molecule has 3 N–H and O–H groups in total. The second-order valence-corrected chi connectivity index (χ2v) is 7.57. The van der Waals surface area contributed by atoms with Gasteiger partial charge in [-0.2, -0.15) is 0 Å². The average molecular weight is 410 g/mol. The van der Waals surface area contributed by atoms with Gasteiger partial charge in [0.05, 0.1) is 6.54 Å². The molecule has 3 rings (SSSR count). The van der Waals surface area contributed by atoms with Gasteiger partial charge in [0.25, 0.3) is 5.56 Å². The largest absolute Gasteiger partial charge is 0.396 e. The molecule has 0 unspecified atom stereocenters. The summed E-state index contributed by atoms with van der Waals surface area (Å²) in [6.07, 6.45) is 1.45. The molecule has 1 heterocycles. The molecule has 0 aliphatic heterocycles. The van der Waals surface area contributed by atoms with E-state index in [2.05, 4.69) is 28.5 Å². The maximum absolute atomic E-state index is 12.6. The average Bonchev–Trinajstić information content (AvgIpc) is 2.72. The van der Waals surface area contributed by atoms with Gasteiger partial charge in [0.2, 0.25) is 0 Å². The van der Waals surface area contributed by atoms with E-state index in [9.17, 15) is 9.90 Å². The number of hydrogen-bond donors (Lipinski definition) is 3. The van der Waals surface area contributed by atoms with Gasteiger partial charge in [-0.25, -0.2) is 0 Å². The first-order valence-electron chi connectivity index (χ1n) is 9.87. The van der Waals surface area contributed by atoms with E-state index < -0.39 is 0 Å². The number of hydrogen-bond acceptors (Lipinski definition) is 3. The predicted octanol–water partition coefficient (Wildman–Crippen LogP) is 3.14. The van der Waals surface area contributed by atoms with Crippen LogP contribution < -0.4 is 10.9 Å². The predicted molar refractivity (Wildman–Crippen MR) is 122 cm³/mol. The van der Waals surface area contributed by atoms with Crippen molar-refractivity contribution in [1.82, 2.24) is 15.2 Å². The number of aromatic nitrogens is 1. The lowest BCUT2D eigenvalue weighted by Gasteiger charge is -2.25. The number of thiocarbonyl (C=S) groups is 1. The third kappa shape index (κ3) is 5.89. The Labute approximate surface area is 176 Å². The lowest BCUT2D eigenvalue weighted by Crippen LogP contribution is -2.41. The van der Waals surface area contributed by atoms with E-state index in [1.54, 1.807) is 0 Å². The SMILES string of the molecule is Cc1ccc2[nH]c(=O)c(CN(CCCO)C(=S)NCCc3ccccc3)cc2c1. The molecule has 29 heavy (non-hydrogen) atoms. The summed E-state index contributed by atoms with van der Waals surface area (Å²) in [5.74, 6) is 0. The van der Waals surface area contributed by atoms with E-state index in [0.29, 0.717) is 36.7 Å². The Hall–Kier alpha value is -2.70. The van der Waals surface area contributed by atoms with Crippen LogP contribution in [-0.4, -0.2) is 39.8 Å². The summed E-state index contributed by atoms with van der Waals surface area (Å²) in [6.45, 7) is 3.81. The van der Waals surface area contributed by atoms with Crippen LogP contribution in [0.5, 0.6) is 0 Å². The topological polar surface area (TPSA) is 68.4 Å². The first-order valence-corrected chi connectivity index (χ1v) is 10.3. The summed E-state index contributed by atoms with van der Waals surface area (Å²) in [5.41, 5.74) is 3.77. The molecular formula is C23H27N3O2S. The normalized spacial score (nSPS) is 10.8. The zero-order valence-corrected chi connectivity index (χ0v) is 17.5. The second kappa shape index (κ2) is 10.2. The van der Waals surface area contributed by atoms with Crippen molar-refractivity contribution in [3.05, 3.63) is 81.6 Å². The smallest absolute Gasteiger partial charge is 0.253 e. The fraction of sp³-hybridized carbons (Fsp3) is 0.304. The van der Waals surface area contributed by atoms with Crippen LogP contribution in [0.2, 0.25) is 0 Å². The molecular weight excluding hydrogens is 382 g/mol. The molecule has 0 bridgehead atoms. The third-order valence-corrected chi connectivity index (χ3v) is 5.25. The van der Waals surface area contributed by atoms with Crippen molar-refractivity contribution in [2.45, 2.75) is 26.3 Å². The van der Waals surface area contributed by atoms with Gasteiger partial charge in [0.15, 0.2) is 5.11 Å². The lowest BCUT2D eigenvalue weighted by atomic mass is 10.1. The zero-order chi connectivity index (χ0) is 20.6. The van der Waals surface area contributed by atoms with Gasteiger partial charge >= 0.3 is 0 Å². The minimum atomic E-state index is -0.109. The number of nitrogens with zero attached hydrogens (tertiary/aromatic N) is 1. The molecule has 0 amide bonds. The molecule has 0 saturated heterocycles. The highest BCUT2D eigenvalue weighted by molar-refractivity contribution is 7.80. The number of fused-ring (bicyclic) bond motifs is 1. The Morgan fingerprint density at radius 1 is 1.17 bits per heavy atom. The first-order chi connectivity index (χ1) is 14.1. The number of benzene rings is 2. The van der Waals surface area contributed by atoms with E-state index in [1.165, 1.54) is 5.56 Å². The van der Waals surface area contributed by atoms with E-state index in [4.69, 9.17) is 12.2 Å². The molecule has 0 fully saturated rings. The number of H-pyrrole nitrogens is 1. The Morgan fingerprint density at radius 2 is 1.97 bits per heavy atom. The fourth-order valence-corrected chi connectivity index (χ4v) is 3.54. The highest BCUT2D eigenvalue weighted by Gasteiger charge is 2.13. The van der Waals surface area contributed by atoms with Gasteiger partial charge in [-0.15, -0.1) is 0 Å². The molecule has 1 aromatic heterocycles. The molecule has 0 aliphatic rings. The van der Waals surface area contributed by atoms with E-state index in [0.717, 1.165) is 22.9 Å². The molecule has 0 spiro atoms. The standard InChI is InChI=1S/C23H27N3O2S/c1-17-8-9-21-19(14-17)15-20(22(28)25-21)16-26(12-5-13-27)23(29)24-11-10-18-6-3-2-4-7-18/h2-4,6-9,14-15,27H,5,10-13,16H2,1H3,(H,24,29)(H,25,28). The van der Waals surface area contributed by atoms with Crippen LogP contribution in [0.1, 0.15) is 23.1 Å². The van der Waals surface area contributed by atoms with Crippen molar-refractivity contribution in [2.24, 2.45) is 0 Å². The van der Waals surface area contributed by atoms with Crippen molar-refractivity contribution in [1.29, 1.82) is 0 Å². The third-order valence-electron chi connectivity index (χ3n) is 4.84. The molecule has 152 valence electrons.